The van der Waals surface area contributed by atoms with Crippen molar-refractivity contribution < 1.29 is 0 Å². The number of rotatable bonds is 6. The molecule has 0 aliphatic heterocycles. The van der Waals surface area contributed by atoms with Crippen LogP contribution in [0.2, 0.25) is 0 Å². The van der Waals surface area contributed by atoms with Crippen LogP contribution in [0.5, 0.6) is 0 Å². The van der Waals surface area contributed by atoms with Crippen molar-refractivity contribution in [3.05, 3.63) is 35.9 Å². The zero-order chi connectivity index (χ0) is 14.4. The minimum Gasteiger partial charge on any atom is -0.309 e. The molecule has 1 N–H and O–H groups in total. The first-order chi connectivity index (χ1) is 9.70. The van der Waals surface area contributed by atoms with Crippen molar-refractivity contribution in [2.24, 2.45) is 5.92 Å². The summed E-state index contributed by atoms with van der Waals surface area (Å²) in [6.07, 6.45) is 5.55. The van der Waals surface area contributed by atoms with Crippen molar-refractivity contribution >= 4 is 0 Å². The summed E-state index contributed by atoms with van der Waals surface area (Å²) in [6, 6.07) is 12.1. The fourth-order valence-corrected chi connectivity index (χ4v) is 3.46. The fraction of sp³-hybridized carbons (Fsp3) is 0.667. The third-order valence-corrected chi connectivity index (χ3v) is 4.66. The molecule has 3 unspecified atom stereocenters. The van der Waals surface area contributed by atoms with E-state index in [0.717, 1.165) is 25.0 Å². The summed E-state index contributed by atoms with van der Waals surface area (Å²) in [7, 11) is 2.30. The Morgan fingerprint density at radius 1 is 1.25 bits per heavy atom. The molecule has 1 aliphatic rings. The third kappa shape index (κ3) is 4.32. The zero-order valence-electron chi connectivity index (χ0n) is 13.3. The van der Waals surface area contributed by atoms with Gasteiger partial charge in [0.15, 0.2) is 0 Å². The topological polar surface area (TPSA) is 15.3 Å². The van der Waals surface area contributed by atoms with Crippen molar-refractivity contribution in [1.29, 1.82) is 0 Å². The van der Waals surface area contributed by atoms with Crippen LogP contribution in [0.15, 0.2) is 30.3 Å². The number of hydrogen-bond acceptors (Lipinski definition) is 2. The molecule has 1 aromatic carbocycles. The summed E-state index contributed by atoms with van der Waals surface area (Å²) in [4.78, 5) is 2.58. The maximum atomic E-state index is 3.64. The molecule has 0 aromatic heterocycles. The van der Waals surface area contributed by atoms with E-state index in [-0.39, 0.29) is 0 Å². The molecule has 2 heteroatoms. The Kier molecular flexibility index (Phi) is 6.06. The molecule has 0 heterocycles. The molecule has 1 aromatic rings. The molecule has 1 saturated carbocycles. The van der Waals surface area contributed by atoms with Crippen LogP contribution in [0.4, 0.5) is 0 Å². The summed E-state index contributed by atoms with van der Waals surface area (Å²) < 4.78 is 0. The smallest absolute Gasteiger partial charge is 0.0449 e. The highest BCUT2D eigenvalue weighted by molar-refractivity contribution is 5.19. The van der Waals surface area contributed by atoms with Crippen molar-refractivity contribution in [3.63, 3.8) is 0 Å². The van der Waals surface area contributed by atoms with Gasteiger partial charge in [0.1, 0.15) is 0 Å². The molecule has 0 radical (unpaired) electrons. The van der Waals surface area contributed by atoms with Crippen LogP contribution in [0.1, 0.15) is 51.1 Å². The monoisotopic (exact) mass is 274 g/mol. The standard InChI is InChI=1S/C18H30N2/c1-4-19-18(16-10-6-5-7-11-16)14-20(3)17-12-8-9-15(2)13-17/h5-7,10-11,15,17-19H,4,8-9,12-14H2,1-3H3. The van der Waals surface area contributed by atoms with E-state index in [9.17, 15) is 0 Å². The molecular formula is C18H30N2. The van der Waals surface area contributed by atoms with Gasteiger partial charge in [0.05, 0.1) is 0 Å². The molecule has 112 valence electrons. The van der Waals surface area contributed by atoms with Crippen molar-refractivity contribution in [2.45, 2.75) is 51.6 Å². The molecule has 20 heavy (non-hydrogen) atoms. The van der Waals surface area contributed by atoms with Gasteiger partial charge in [-0.1, -0.05) is 57.0 Å². The number of hydrogen-bond donors (Lipinski definition) is 1. The van der Waals surface area contributed by atoms with Crippen LogP contribution in [-0.2, 0) is 0 Å². The summed E-state index contributed by atoms with van der Waals surface area (Å²) in [6.45, 7) is 6.72. The van der Waals surface area contributed by atoms with Crippen molar-refractivity contribution in [1.82, 2.24) is 10.2 Å². The normalized spacial score (nSPS) is 24.8. The molecule has 0 amide bonds. The van der Waals surface area contributed by atoms with E-state index in [1.165, 1.54) is 31.2 Å². The van der Waals surface area contributed by atoms with Crippen LogP contribution in [0.25, 0.3) is 0 Å². The Morgan fingerprint density at radius 2 is 2.00 bits per heavy atom. The van der Waals surface area contributed by atoms with Crippen molar-refractivity contribution in [3.8, 4) is 0 Å². The first kappa shape index (κ1) is 15.5. The largest absolute Gasteiger partial charge is 0.309 e. The maximum absolute atomic E-state index is 3.64. The molecule has 1 aliphatic carbocycles. The van der Waals surface area contributed by atoms with Gasteiger partial charge in [0, 0.05) is 18.6 Å². The minimum atomic E-state index is 0.448. The lowest BCUT2D eigenvalue weighted by atomic mass is 9.86. The second-order valence-electron chi connectivity index (χ2n) is 6.39. The Morgan fingerprint density at radius 3 is 2.65 bits per heavy atom. The van der Waals surface area contributed by atoms with Gasteiger partial charge in [0.2, 0.25) is 0 Å². The lowest BCUT2D eigenvalue weighted by Crippen LogP contribution is -2.41. The second-order valence-corrected chi connectivity index (χ2v) is 6.39. The number of nitrogens with one attached hydrogen (secondary N) is 1. The third-order valence-electron chi connectivity index (χ3n) is 4.66. The summed E-state index contributed by atoms with van der Waals surface area (Å²) in [5.41, 5.74) is 1.41. The minimum absolute atomic E-state index is 0.448. The highest BCUT2D eigenvalue weighted by Crippen LogP contribution is 2.27. The van der Waals surface area contributed by atoms with Crippen LogP contribution < -0.4 is 5.32 Å². The van der Waals surface area contributed by atoms with Gasteiger partial charge in [-0.05, 0) is 37.9 Å². The number of benzene rings is 1. The molecule has 2 rings (SSSR count). The van der Waals surface area contributed by atoms with Gasteiger partial charge in [-0.25, -0.2) is 0 Å². The molecule has 0 spiro atoms. The Hall–Kier alpha value is -0.860. The quantitative estimate of drug-likeness (QED) is 0.847. The molecule has 0 saturated heterocycles. The van der Waals surface area contributed by atoms with E-state index in [4.69, 9.17) is 0 Å². The average molecular weight is 274 g/mol. The molecular weight excluding hydrogens is 244 g/mol. The maximum Gasteiger partial charge on any atom is 0.0449 e. The Labute approximate surface area is 124 Å². The average Bonchev–Trinajstić information content (AvgIpc) is 2.47. The lowest BCUT2D eigenvalue weighted by Gasteiger charge is -2.36. The van der Waals surface area contributed by atoms with Gasteiger partial charge >= 0.3 is 0 Å². The second kappa shape index (κ2) is 7.80. The van der Waals surface area contributed by atoms with E-state index in [1.807, 2.05) is 0 Å². The van der Waals surface area contributed by atoms with Gasteiger partial charge in [0.25, 0.3) is 0 Å². The van der Waals surface area contributed by atoms with Crippen molar-refractivity contribution in [2.75, 3.05) is 20.1 Å². The van der Waals surface area contributed by atoms with Gasteiger partial charge in [-0.3, -0.25) is 0 Å². The van der Waals surface area contributed by atoms with Crippen LogP contribution in [0, 0.1) is 5.92 Å². The van der Waals surface area contributed by atoms with Crippen LogP contribution in [-0.4, -0.2) is 31.1 Å². The SMILES string of the molecule is CCNC(CN(C)C1CCCC(C)C1)c1ccccc1. The highest BCUT2D eigenvalue weighted by atomic mass is 15.2. The van der Waals surface area contributed by atoms with E-state index >= 15 is 0 Å². The van der Waals surface area contributed by atoms with Gasteiger partial charge in [-0.15, -0.1) is 0 Å². The predicted molar refractivity (Wildman–Crippen MR) is 86.9 cm³/mol. The fourth-order valence-electron chi connectivity index (χ4n) is 3.46. The Balaban J connectivity index is 1.97. The first-order valence-corrected chi connectivity index (χ1v) is 8.19. The lowest BCUT2D eigenvalue weighted by molar-refractivity contribution is 0.151. The van der Waals surface area contributed by atoms with E-state index in [1.54, 1.807) is 0 Å². The molecule has 3 atom stereocenters. The number of likely N-dealkylation sites (N-methyl/N-ethyl adjacent to an activating group) is 2. The van der Waals surface area contributed by atoms with E-state index in [0.29, 0.717) is 6.04 Å². The number of nitrogens with zero attached hydrogens (tertiary/aromatic N) is 1. The van der Waals surface area contributed by atoms with Gasteiger partial charge < -0.3 is 10.2 Å². The Bertz CT molecular complexity index is 376. The highest BCUT2D eigenvalue weighted by Gasteiger charge is 2.24. The zero-order valence-corrected chi connectivity index (χ0v) is 13.3. The summed E-state index contributed by atoms with van der Waals surface area (Å²) in [5.74, 6) is 0.894. The predicted octanol–water partition coefficient (Wildman–Crippen LogP) is 3.85. The van der Waals surface area contributed by atoms with Crippen LogP contribution in [0.3, 0.4) is 0 Å². The molecule has 1 fully saturated rings. The first-order valence-electron chi connectivity index (χ1n) is 8.19. The van der Waals surface area contributed by atoms with E-state index in [2.05, 4.69) is 61.4 Å². The summed E-state index contributed by atoms with van der Waals surface area (Å²) in [5, 5.41) is 3.64. The molecule has 2 nitrogen and oxygen atoms in total. The summed E-state index contributed by atoms with van der Waals surface area (Å²) >= 11 is 0. The molecule has 0 bridgehead atoms. The van der Waals surface area contributed by atoms with Crippen LogP contribution >= 0.6 is 0 Å². The van der Waals surface area contributed by atoms with E-state index < -0.39 is 0 Å². The van der Waals surface area contributed by atoms with Gasteiger partial charge in [-0.2, -0.15) is 0 Å².